The van der Waals surface area contributed by atoms with Crippen LogP contribution in [0.25, 0.3) is 0 Å². The van der Waals surface area contributed by atoms with Crippen molar-refractivity contribution >= 4 is 11.8 Å². The van der Waals surface area contributed by atoms with E-state index in [0.29, 0.717) is 36.4 Å². The molecule has 6 heteroatoms. The predicted octanol–water partition coefficient (Wildman–Crippen LogP) is 2.54. The maximum absolute atomic E-state index is 12.9. The van der Waals surface area contributed by atoms with Gasteiger partial charge in [0.05, 0.1) is 6.04 Å². The largest absolute Gasteiger partial charge is 0.385 e. The second-order valence-electron chi connectivity index (χ2n) is 9.12. The number of ether oxygens (including phenoxy) is 1. The molecule has 0 aromatic heterocycles. The summed E-state index contributed by atoms with van der Waals surface area (Å²) in [7, 11) is 1.76. The van der Waals surface area contributed by atoms with E-state index in [4.69, 9.17) is 4.74 Å². The number of methoxy groups -OCH3 is 1. The monoisotopic (exact) mass is 413 g/mol. The molecular formula is C24H35N3O3. The smallest absolute Gasteiger partial charge is 0.251 e. The van der Waals surface area contributed by atoms with Crippen molar-refractivity contribution in [3.05, 3.63) is 35.9 Å². The lowest BCUT2D eigenvalue weighted by Gasteiger charge is -2.56. The number of nitrogens with zero attached hydrogens (tertiary/aromatic N) is 2. The molecule has 0 saturated carbocycles. The normalized spacial score (nSPS) is 28.8. The molecule has 3 fully saturated rings. The van der Waals surface area contributed by atoms with E-state index in [-0.39, 0.29) is 17.9 Å². The fraction of sp³-hybridized carbons (Fsp3) is 0.667. The van der Waals surface area contributed by atoms with Gasteiger partial charge < -0.3 is 19.9 Å². The lowest BCUT2D eigenvalue weighted by molar-refractivity contribution is -0.152. The van der Waals surface area contributed by atoms with E-state index in [0.717, 1.165) is 51.9 Å². The molecule has 3 aliphatic heterocycles. The fourth-order valence-electron chi connectivity index (χ4n) is 5.79. The third-order valence-corrected chi connectivity index (χ3v) is 7.15. The Labute approximate surface area is 179 Å². The molecule has 4 atom stereocenters. The Morgan fingerprint density at radius 2 is 1.97 bits per heavy atom. The van der Waals surface area contributed by atoms with E-state index in [2.05, 4.69) is 15.1 Å². The van der Waals surface area contributed by atoms with Crippen LogP contribution < -0.4 is 5.32 Å². The van der Waals surface area contributed by atoms with Gasteiger partial charge in [-0.3, -0.25) is 9.59 Å². The molecule has 3 heterocycles. The van der Waals surface area contributed by atoms with Gasteiger partial charge >= 0.3 is 0 Å². The van der Waals surface area contributed by atoms with Crippen molar-refractivity contribution in [1.82, 2.24) is 15.1 Å². The minimum absolute atomic E-state index is 0.0500. The molecule has 0 spiro atoms. The van der Waals surface area contributed by atoms with Gasteiger partial charge in [0, 0.05) is 51.4 Å². The number of unbranched alkanes of at least 4 members (excludes halogenated alkanes) is 1. The van der Waals surface area contributed by atoms with E-state index in [1.165, 1.54) is 6.42 Å². The summed E-state index contributed by atoms with van der Waals surface area (Å²) in [6.07, 6.45) is 6.17. The van der Waals surface area contributed by atoms with Crippen molar-refractivity contribution in [3.8, 4) is 0 Å². The molecule has 2 amide bonds. The Morgan fingerprint density at radius 3 is 2.77 bits per heavy atom. The predicted molar refractivity (Wildman–Crippen MR) is 116 cm³/mol. The lowest BCUT2D eigenvalue weighted by Crippen LogP contribution is -2.67. The highest BCUT2D eigenvalue weighted by atomic mass is 16.5. The molecule has 0 radical (unpaired) electrons. The first-order chi connectivity index (χ1) is 14.7. The van der Waals surface area contributed by atoms with Gasteiger partial charge in [0.2, 0.25) is 5.91 Å². The number of benzene rings is 1. The Kier molecular flexibility index (Phi) is 7.05. The van der Waals surface area contributed by atoms with Crippen molar-refractivity contribution < 1.29 is 14.3 Å². The number of nitrogens with one attached hydrogen (secondary N) is 1. The molecule has 1 N–H and O–H groups in total. The number of rotatable bonds is 8. The highest BCUT2D eigenvalue weighted by molar-refractivity contribution is 5.94. The van der Waals surface area contributed by atoms with Gasteiger partial charge in [-0.1, -0.05) is 18.2 Å². The summed E-state index contributed by atoms with van der Waals surface area (Å²) in [6, 6.07) is 9.79. The maximum Gasteiger partial charge on any atom is 0.251 e. The van der Waals surface area contributed by atoms with Crippen LogP contribution in [0.3, 0.4) is 0 Å². The maximum atomic E-state index is 12.9. The van der Waals surface area contributed by atoms with E-state index >= 15 is 0 Å². The number of amides is 2. The standard InChI is InChI=1S/C24H35N3O3/c1-30-13-6-5-12-26-16-19-14-20(17-26)22(27-21(19)10-7-11-23(27)28)15-25-24(29)18-8-3-2-4-9-18/h2-4,8-9,19-22H,5-7,10-17H2,1H3,(H,25,29)/t19-,20+,21+,22+/m1/s1. The topological polar surface area (TPSA) is 61.9 Å². The number of hydrogen-bond acceptors (Lipinski definition) is 4. The van der Waals surface area contributed by atoms with Gasteiger partial charge in [0.1, 0.15) is 0 Å². The SMILES string of the molecule is COCCCCN1C[C@H]2C[C@@H](C1)[C@H](CNC(=O)c1ccccc1)N1C(=O)CCC[C@@H]21. The van der Waals surface area contributed by atoms with Crippen LogP contribution in [0.4, 0.5) is 0 Å². The molecule has 164 valence electrons. The Morgan fingerprint density at radius 1 is 1.17 bits per heavy atom. The third kappa shape index (κ3) is 4.70. The molecule has 2 bridgehead atoms. The first kappa shape index (κ1) is 21.3. The summed E-state index contributed by atoms with van der Waals surface area (Å²) in [4.78, 5) is 30.3. The van der Waals surface area contributed by atoms with Gasteiger partial charge in [0.25, 0.3) is 5.91 Å². The second kappa shape index (κ2) is 9.92. The Hall–Kier alpha value is -1.92. The van der Waals surface area contributed by atoms with Crippen molar-refractivity contribution in [3.63, 3.8) is 0 Å². The van der Waals surface area contributed by atoms with Crippen LogP contribution in [-0.4, -0.2) is 73.6 Å². The highest BCUT2D eigenvalue weighted by Gasteiger charge is 2.49. The number of hydrogen-bond donors (Lipinski definition) is 1. The van der Waals surface area contributed by atoms with Crippen LogP contribution in [0.5, 0.6) is 0 Å². The minimum Gasteiger partial charge on any atom is -0.385 e. The summed E-state index contributed by atoms with van der Waals surface area (Å²) < 4.78 is 5.19. The summed E-state index contributed by atoms with van der Waals surface area (Å²) in [5, 5.41) is 3.13. The van der Waals surface area contributed by atoms with Crippen molar-refractivity contribution in [2.75, 3.05) is 39.9 Å². The van der Waals surface area contributed by atoms with Crippen LogP contribution in [-0.2, 0) is 9.53 Å². The Balaban J connectivity index is 1.44. The molecule has 1 aromatic carbocycles. The molecule has 4 rings (SSSR count). The molecule has 1 aromatic rings. The molecule has 3 saturated heterocycles. The van der Waals surface area contributed by atoms with E-state index in [1.54, 1.807) is 7.11 Å². The highest BCUT2D eigenvalue weighted by Crippen LogP contribution is 2.41. The second-order valence-corrected chi connectivity index (χ2v) is 9.12. The van der Waals surface area contributed by atoms with Crippen LogP contribution >= 0.6 is 0 Å². The van der Waals surface area contributed by atoms with Gasteiger partial charge in [-0.25, -0.2) is 0 Å². The first-order valence-electron chi connectivity index (χ1n) is 11.5. The van der Waals surface area contributed by atoms with Gasteiger partial charge in [-0.15, -0.1) is 0 Å². The first-order valence-corrected chi connectivity index (χ1v) is 11.5. The number of fused-ring (bicyclic) bond motifs is 4. The van der Waals surface area contributed by atoms with Crippen LogP contribution in [0.2, 0.25) is 0 Å². The van der Waals surface area contributed by atoms with Gasteiger partial charge in [-0.2, -0.15) is 0 Å². The molecule has 0 unspecified atom stereocenters. The van der Waals surface area contributed by atoms with Crippen LogP contribution in [0.15, 0.2) is 30.3 Å². The average molecular weight is 414 g/mol. The van der Waals surface area contributed by atoms with Crippen LogP contribution in [0.1, 0.15) is 48.9 Å². The molecule has 0 aliphatic carbocycles. The Bertz CT molecular complexity index is 726. The minimum atomic E-state index is -0.0500. The summed E-state index contributed by atoms with van der Waals surface area (Å²) in [6.45, 7) is 4.58. The third-order valence-electron chi connectivity index (χ3n) is 7.15. The molecular weight excluding hydrogens is 378 g/mol. The van der Waals surface area contributed by atoms with Crippen molar-refractivity contribution in [2.45, 2.75) is 50.6 Å². The van der Waals surface area contributed by atoms with Crippen molar-refractivity contribution in [1.29, 1.82) is 0 Å². The molecule has 6 nitrogen and oxygen atoms in total. The van der Waals surface area contributed by atoms with Crippen LogP contribution in [0, 0.1) is 11.8 Å². The van der Waals surface area contributed by atoms with Crippen molar-refractivity contribution in [2.24, 2.45) is 11.8 Å². The summed E-state index contributed by atoms with van der Waals surface area (Å²) in [5.74, 6) is 1.23. The average Bonchev–Trinajstić information content (AvgIpc) is 2.77. The quantitative estimate of drug-likeness (QED) is 0.666. The van der Waals surface area contributed by atoms with Gasteiger partial charge in [0.15, 0.2) is 0 Å². The number of carbonyl (C=O) groups is 2. The summed E-state index contributed by atoms with van der Waals surface area (Å²) in [5.41, 5.74) is 0.677. The molecule has 3 aliphatic rings. The number of piperidine rings is 3. The van der Waals surface area contributed by atoms with E-state index < -0.39 is 0 Å². The van der Waals surface area contributed by atoms with E-state index in [1.807, 2.05) is 30.3 Å². The fourth-order valence-corrected chi connectivity index (χ4v) is 5.79. The molecule has 30 heavy (non-hydrogen) atoms. The zero-order valence-corrected chi connectivity index (χ0v) is 18.1. The number of likely N-dealkylation sites (tertiary alicyclic amines) is 1. The lowest BCUT2D eigenvalue weighted by atomic mass is 9.72. The number of carbonyl (C=O) groups excluding carboxylic acids is 2. The zero-order chi connectivity index (χ0) is 20.9. The zero-order valence-electron chi connectivity index (χ0n) is 18.1. The van der Waals surface area contributed by atoms with Gasteiger partial charge in [-0.05, 0) is 62.6 Å². The van der Waals surface area contributed by atoms with E-state index in [9.17, 15) is 9.59 Å². The summed E-state index contributed by atoms with van der Waals surface area (Å²) >= 11 is 0.